The monoisotopic (exact) mass is 220 g/mol. The normalized spacial score (nSPS) is 19.2. The number of aliphatic hydroxyl groups is 1. The molecule has 0 spiro atoms. The van der Waals surface area contributed by atoms with Crippen LogP contribution in [0.3, 0.4) is 0 Å². The van der Waals surface area contributed by atoms with Gasteiger partial charge in [-0.05, 0) is 32.3 Å². The summed E-state index contributed by atoms with van der Waals surface area (Å²) in [5.74, 6) is -1.13. The van der Waals surface area contributed by atoms with Crippen molar-refractivity contribution in [1.82, 2.24) is 0 Å². The molecule has 1 saturated carbocycles. The van der Waals surface area contributed by atoms with Crippen LogP contribution in [0.4, 0.5) is 0 Å². The Balaban J connectivity index is 2.40. The minimum atomic E-state index is -1.28. The second-order valence-electron chi connectivity index (χ2n) is 4.77. The van der Waals surface area contributed by atoms with Crippen molar-refractivity contribution in [3.8, 4) is 0 Å². The van der Waals surface area contributed by atoms with Crippen molar-refractivity contribution in [3.05, 3.63) is 34.9 Å². The first-order valence-corrected chi connectivity index (χ1v) is 5.45. The lowest BCUT2D eigenvalue weighted by Gasteiger charge is -2.20. The highest BCUT2D eigenvalue weighted by Crippen LogP contribution is 2.51. The first-order chi connectivity index (χ1) is 7.45. The van der Waals surface area contributed by atoms with Crippen molar-refractivity contribution < 1.29 is 15.0 Å². The summed E-state index contributed by atoms with van der Waals surface area (Å²) >= 11 is 0. The molecule has 3 nitrogen and oxygen atoms in total. The van der Waals surface area contributed by atoms with Gasteiger partial charge in [-0.25, -0.2) is 4.79 Å². The Kier molecular flexibility index (Phi) is 2.50. The van der Waals surface area contributed by atoms with E-state index in [4.69, 9.17) is 5.11 Å². The molecule has 1 aromatic rings. The van der Waals surface area contributed by atoms with E-state index < -0.39 is 17.5 Å². The molecule has 0 aromatic heterocycles. The van der Waals surface area contributed by atoms with Crippen molar-refractivity contribution in [1.29, 1.82) is 0 Å². The molecule has 1 fully saturated rings. The van der Waals surface area contributed by atoms with Gasteiger partial charge < -0.3 is 10.2 Å². The zero-order valence-electron chi connectivity index (χ0n) is 9.53. The quantitative estimate of drug-likeness (QED) is 0.816. The second-order valence-corrected chi connectivity index (χ2v) is 4.77. The van der Waals surface area contributed by atoms with Gasteiger partial charge in [0.15, 0.2) is 6.10 Å². The predicted molar refractivity (Wildman–Crippen MR) is 60.5 cm³/mol. The van der Waals surface area contributed by atoms with E-state index in [9.17, 15) is 9.90 Å². The molecule has 3 heteroatoms. The Labute approximate surface area is 94.7 Å². The molecule has 16 heavy (non-hydrogen) atoms. The number of carbonyl (C=O) groups is 1. The van der Waals surface area contributed by atoms with Gasteiger partial charge in [0, 0.05) is 5.41 Å². The summed E-state index contributed by atoms with van der Waals surface area (Å²) < 4.78 is 0. The van der Waals surface area contributed by atoms with Crippen LogP contribution in [-0.2, 0) is 10.2 Å². The molecule has 1 aliphatic rings. The number of aliphatic carboxylic acids is 1. The number of aliphatic hydroxyl groups excluding tert-OH is 1. The van der Waals surface area contributed by atoms with Gasteiger partial charge in [0.05, 0.1) is 0 Å². The van der Waals surface area contributed by atoms with E-state index >= 15 is 0 Å². The molecule has 1 unspecified atom stereocenters. The third-order valence-corrected chi connectivity index (χ3v) is 3.34. The third kappa shape index (κ3) is 1.71. The maximum atomic E-state index is 10.9. The lowest BCUT2D eigenvalue weighted by molar-refractivity contribution is -0.148. The number of aryl methyl sites for hydroxylation is 2. The van der Waals surface area contributed by atoms with Crippen molar-refractivity contribution in [2.24, 2.45) is 0 Å². The van der Waals surface area contributed by atoms with Crippen LogP contribution < -0.4 is 0 Å². The SMILES string of the molecule is Cc1cc(C)cc(C2(C(O)C(=O)O)CC2)c1. The van der Waals surface area contributed by atoms with Gasteiger partial charge in [-0.2, -0.15) is 0 Å². The minimum absolute atomic E-state index is 0.539. The number of rotatable bonds is 3. The Morgan fingerprint density at radius 3 is 2.12 bits per heavy atom. The van der Waals surface area contributed by atoms with Gasteiger partial charge in [-0.3, -0.25) is 0 Å². The van der Waals surface area contributed by atoms with Crippen LogP contribution in [0.1, 0.15) is 29.5 Å². The highest BCUT2D eigenvalue weighted by molar-refractivity contribution is 5.75. The summed E-state index contributed by atoms with van der Waals surface area (Å²) in [6.45, 7) is 3.97. The van der Waals surface area contributed by atoms with E-state index in [0.29, 0.717) is 0 Å². The third-order valence-electron chi connectivity index (χ3n) is 3.34. The second kappa shape index (κ2) is 3.59. The molecule has 0 bridgehead atoms. The minimum Gasteiger partial charge on any atom is -0.479 e. The Hall–Kier alpha value is -1.35. The van der Waals surface area contributed by atoms with Crippen molar-refractivity contribution >= 4 is 5.97 Å². The first-order valence-electron chi connectivity index (χ1n) is 5.45. The fourth-order valence-electron chi connectivity index (χ4n) is 2.35. The highest BCUT2D eigenvalue weighted by Gasteiger charge is 2.53. The molecular weight excluding hydrogens is 204 g/mol. The Bertz CT molecular complexity index is 413. The van der Waals surface area contributed by atoms with Crippen LogP contribution in [0.5, 0.6) is 0 Å². The van der Waals surface area contributed by atoms with E-state index in [1.807, 2.05) is 32.0 Å². The van der Waals surface area contributed by atoms with Crippen LogP contribution in [0, 0.1) is 13.8 Å². The summed E-state index contributed by atoms with van der Waals surface area (Å²) in [5, 5.41) is 18.7. The average Bonchev–Trinajstić information content (AvgIpc) is 2.95. The van der Waals surface area contributed by atoms with Gasteiger partial charge in [-0.15, -0.1) is 0 Å². The van der Waals surface area contributed by atoms with Crippen molar-refractivity contribution in [3.63, 3.8) is 0 Å². The number of benzene rings is 1. The molecule has 1 atom stereocenters. The summed E-state index contributed by atoms with van der Waals surface area (Å²) in [5.41, 5.74) is 2.64. The van der Waals surface area contributed by atoms with E-state index in [-0.39, 0.29) is 0 Å². The van der Waals surface area contributed by atoms with E-state index in [2.05, 4.69) is 0 Å². The summed E-state index contributed by atoms with van der Waals surface area (Å²) in [4.78, 5) is 10.9. The molecule has 2 rings (SSSR count). The topological polar surface area (TPSA) is 57.5 Å². The van der Waals surface area contributed by atoms with Crippen LogP contribution in [-0.4, -0.2) is 22.3 Å². The molecule has 0 amide bonds. The summed E-state index contributed by atoms with van der Waals surface area (Å²) in [6, 6.07) is 6.01. The lowest BCUT2D eigenvalue weighted by atomic mass is 9.88. The lowest BCUT2D eigenvalue weighted by Crippen LogP contribution is -2.33. The van der Waals surface area contributed by atoms with Crippen LogP contribution in [0.25, 0.3) is 0 Å². The molecule has 86 valence electrons. The number of carboxylic acid groups (broad SMARTS) is 1. The number of carboxylic acids is 1. The maximum Gasteiger partial charge on any atom is 0.333 e. The van der Waals surface area contributed by atoms with Gasteiger partial charge in [-0.1, -0.05) is 29.3 Å². The Morgan fingerprint density at radius 2 is 1.75 bits per heavy atom. The van der Waals surface area contributed by atoms with E-state index in [1.54, 1.807) is 0 Å². The molecule has 2 N–H and O–H groups in total. The van der Waals surface area contributed by atoms with Crippen LogP contribution in [0.2, 0.25) is 0 Å². The largest absolute Gasteiger partial charge is 0.479 e. The molecular formula is C13H16O3. The zero-order valence-corrected chi connectivity index (χ0v) is 9.53. The predicted octanol–water partition coefficient (Wildman–Crippen LogP) is 1.78. The molecule has 0 radical (unpaired) electrons. The first kappa shape index (κ1) is 11.1. The number of hydrogen-bond acceptors (Lipinski definition) is 2. The van der Waals surface area contributed by atoms with Crippen LogP contribution in [0.15, 0.2) is 18.2 Å². The average molecular weight is 220 g/mol. The fourth-order valence-corrected chi connectivity index (χ4v) is 2.35. The molecule has 1 aliphatic carbocycles. The van der Waals surface area contributed by atoms with Gasteiger partial charge in [0.25, 0.3) is 0 Å². The van der Waals surface area contributed by atoms with Crippen molar-refractivity contribution in [2.75, 3.05) is 0 Å². The van der Waals surface area contributed by atoms with Gasteiger partial charge in [0.1, 0.15) is 0 Å². The van der Waals surface area contributed by atoms with Gasteiger partial charge >= 0.3 is 5.97 Å². The molecule has 0 aliphatic heterocycles. The Morgan fingerprint density at radius 1 is 1.25 bits per heavy atom. The molecule has 0 saturated heterocycles. The van der Waals surface area contributed by atoms with Crippen LogP contribution >= 0.6 is 0 Å². The fraction of sp³-hybridized carbons (Fsp3) is 0.462. The van der Waals surface area contributed by atoms with Crippen molar-refractivity contribution in [2.45, 2.75) is 38.2 Å². The van der Waals surface area contributed by atoms with Gasteiger partial charge in [0.2, 0.25) is 0 Å². The molecule has 1 aromatic carbocycles. The molecule has 0 heterocycles. The van der Waals surface area contributed by atoms with E-state index in [1.165, 1.54) is 0 Å². The smallest absolute Gasteiger partial charge is 0.333 e. The summed E-state index contributed by atoms with van der Waals surface area (Å²) in [7, 11) is 0. The standard InChI is InChI=1S/C13H16O3/c1-8-5-9(2)7-10(6-8)13(3-4-13)11(14)12(15)16/h5-7,11,14H,3-4H2,1-2H3,(H,15,16). The highest BCUT2D eigenvalue weighted by atomic mass is 16.4. The maximum absolute atomic E-state index is 10.9. The summed E-state index contributed by atoms with van der Waals surface area (Å²) in [6.07, 6.45) is 0.223. The van der Waals surface area contributed by atoms with E-state index in [0.717, 1.165) is 29.5 Å². The zero-order chi connectivity index (χ0) is 11.9. The number of hydrogen-bond donors (Lipinski definition) is 2.